The van der Waals surface area contributed by atoms with E-state index in [-0.39, 0.29) is 24.2 Å². The highest BCUT2D eigenvalue weighted by molar-refractivity contribution is 9.10. The second kappa shape index (κ2) is 7.68. The lowest BCUT2D eigenvalue weighted by atomic mass is 10.2. The van der Waals surface area contributed by atoms with Crippen molar-refractivity contribution in [2.45, 2.75) is 38.9 Å². The van der Waals surface area contributed by atoms with E-state index in [4.69, 9.17) is 0 Å². The number of hydrogen-bond acceptors (Lipinski definition) is 2. The molecule has 1 amide bonds. The molecule has 21 heavy (non-hydrogen) atoms. The smallest absolute Gasteiger partial charge is 0.376 e. The summed E-state index contributed by atoms with van der Waals surface area (Å²) in [5.74, 6) is -0.246. The van der Waals surface area contributed by atoms with Crippen molar-refractivity contribution < 1.29 is 18.0 Å². The van der Waals surface area contributed by atoms with Crippen LogP contribution in [0.1, 0.15) is 32.3 Å². The van der Waals surface area contributed by atoms with E-state index < -0.39 is 11.7 Å². The zero-order valence-corrected chi connectivity index (χ0v) is 13.4. The van der Waals surface area contributed by atoms with Crippen LogP contribution in [0.4, 0.5) is 18.9 Å². The Labute approximate surface area is 130 Å². The summed E-state index contributed by atoms with van der Waals surface area (Å²) >= 11 is 3.03. The first-order chi connectivity index (χ1) is 9.72. The van der Waals surface area contributed by atoms with Crippen LogP contribution >= 0.6 is 15.9 Å². The van der Waals surface area contributed by atoms with Crippen LogP contribution < -0.4 is 10.6 Å². The van der Waals surface area contributed by atoms with Gasteiger partial charge in [0, 0.05) is 16.2 Å². The maximum absolute atomic E-state index is 12.7. The van der Waals surface area contributed by atoms with Crippen LogP contribution in [-0.4, -0.2) is 18.5 Å². The van der Waals surface area contributed by atoms with Gasteiger partial charge in [-0.15, -0.1) is 0 Å². The van der Waals surface area contributed by atoms with Crippen LogP contribution in [0.15, 0.2) is 22.7 Å². The van der Waals surface area contributed by atoms with Crippen LogP contribution in [0.3, 0.4) is 0 Å². The van der Waals surface area contributed by atoms with E-state index in [0.29, 0.717) is 4.47 Å². The summed E-state index contributed by atoms with van der Waals surface area (Å²) in [4.78, 5) is 11.7. The summed E-state index contributed by atoms with van der Waals surface area (Å²) in [6.45, 7) is 3.84. The summed E-state index contributed by atoms with van der Waals surface area (Å²) in [6, 6.07) is 3.53. The van der Waals surface area contributed by atoms with E-state index in [9.17, 15) is 18.0 Å². The van der Waals surface area contributed by atoms with E-state index in [2.05, 4.69) is 26.6 Å². The maximum atomic E-state index is 12.7. The molecule has 0 spiro atoms. The molecule has 0 aromatic heterocycles. The number of carbonyl (C=O) groups is 1. The Bertz CT molecular complexity index is 492. The molecule has 0 aliphatic heterocycles. The van der Waals surface area contributed by atoms with Gasteiger partial charge in [0.05, 0.1) is 12.1 Å². The lowest BCUT2D eigenvalue weighted by molar-refractivity contribution is -0.137. The SMILES string of the molecule is CCCC(C)NC(=O)CNc1cc(Br)cc(C(F)(F)F)c1. The van der Waals surface area contributed by atoms with Crippen molar-refractivity contribution in [2.75, 3.05) is 11.9 Å². The average Bonchev–Trinajstić information content (AvgIpc) is 2.35. The molecule has 7 heteroatoms. The number of hydrogen-bond donors (Lipinski definition) is 2. The molecule has 0 bridgehead atoms. The van der Waals surface area contributed by atoms with Crippen LogP contribution in [-0.2, 0) is 11.0 Å². The predicted octanol–water partition coefficient (Wildman–Crippen LogP) is 4.18. The Hall–Kier alpha value is -1.24. The normalized spacial score (nSPS) is 12.9. The van der Waals surface area contributed by atoms with Crippen molar-refractivity contribution in [3.05, 3.63) is 28.2 Å². The number of halogens is 4. The second-order valence-electron chi connectivity index (χ2n) is 4.84. The molecule has 1 rings (SSSR count). The highest BCUT2D eigenvalue weighted by Crippen LogP contribution is 2.33. The summed E-state index contributed by atoms with van der Waals surface area (Å²) in [6.07, 6.45) is -2.60. The third-order valence-electron chi connectivity index (χ3n) is 2.81. The lowest BCUT2D eigenvalue weighted by Crippen LogP contribution is -2.36. The van der Waals surface area contributed by atoms with Gasteiger partial charge in [-0.1, -0.05) is 29.3 Å². The number of carbonyl (C=O) groups excluding carboxylic acids is 1. The molecule has 0 saturated heterocycles. The molecule has 0 saturated carbocycles. The van der Waals surface area contributed by atoms with Crippen LogP contribution in [0.2, 0.25) is 0 Å². The Morgan fingerprint density at radius 1 is 1.33 bits per heavy atom. The molecule has 0 aliphatic rings. The highest BCUT2D eigenvalue weighted by atomic mass is 79.9. The molecule has 1 unspecified atom stereocenters. The minimum Gasteiger partial charge on any atom is -0.376 e. The quantitative estimate of drug-likeness (QED) is 0.792. The van der Waals surface area contributed by atoms with Crippen LogP contribution in [0, 0.1) is 0 Å². The average molecular weight is 367 g/mol. The number of anilines is 1. The van der Waals surface area contributed by atoms with Crippen LogP contribution in [0.25, 0.3) is 0 Å². The summed E-state index contributed by atoms with van der Waals surface area (Å²) < 4.78 is 38.3. The molecule has 2 N–H and O–H groups in total. The fourth-order valence-electron chi connectivity index (χ4n) is 1.87. The molecule has 1 aromatic rings. The van der Waals surface area contributed by atoms with Gasteiger partial charge in [0.2, 0.25) is 5.91 Å². The van der Waals surface area contributed by atoms with Gasteiger partial charge in [-0.3, -0.25) is 4.79 Å². The van der Waals surface area contributed by atoms with Crippen molar-refractivity contribution in [1.82, 2.24) is 5.32 Å². The van der Waals surface area contributed by atoms with Crippen molar-refractivity contribution in [1.29, 1.82) is 0 Å². The molecule has 3 nitrogen and oxygen atoms in total. The Balaban J connectivity index is 2.63. The van der Waals surface area contributed by atoms with Gasteiger partial charge in [0.1, 0.15) is 0 Å². The number of alkyl halides is 3. The van der Waals surface area contributed by atoms with E-state index in [1.54, 1.807) is 0 Å². The maximum Gasteiger partial charge on any atom is 0.416 e. The topological polar surface area (TPSA) is 41.1 Å². The molecular weight excluding hydrogens is 349 g/mol. The molecule has 0 radical (unpaired) electrons. The van der Waals surface area contributed by atoms with Gasteiger partial charge in [-0.2, -0.15) is 13.2 Å². The second-order valence-corrected chi connectivity index (χ2v) is 5.75. The summed E-state index contributed by atoms with van der Waals surface area (Å²) in [7, 11) is 0. The molecule has 0 fully saturated rings. The minimum absolute atomic E-state index is 0.0533. The third kappa shape index (κ3) is 6.37. The number of nitrogens with one attached hydrogen (secondary N) is 2. The number of benzene rings is 1. The molecular formula is C14H18BrF3N2O. The van der Waals surface area contributed by atoms with Crippen LogP contribution in [0.5, 0.6) is 0 Å². The highest BCUT2D eigenvalue weighted by Gasteiger charge is 2.31. The zero-order valence-electron chi connectivity index (χ0n) is 11.9. The number of rotatable bonds is 6. The van der Waals surface area contributed by atoms with E-state index in [1.807, 2.05) is 13.8 Å². The van der Waals surface area contributed by atoms with Gasteiger partial charge in [-0.05, 0) is 31.5 Å². The van der Waals surface area contributed by atoms with E-state index >= 15 is 0 Å². The predicted molar refractivity (Wildman–Crippen MR) is 80.1 cm³/mol. The largest absolute Gasteiger partial charge is 0.416 e. The standard InChI is InChI=1S/C14H18BrF3N2O/c1-3-4-9(2)20-13(21)8-19-12-6-10(14(16,17)18)5-11(15)7-12/h5-7,9,19H,3-4,8H2,1-2H3,(H,20,21). The Morgan fingerprint density at radius 2 is 2.00 bits per heavy atom. The van der Waals surface area contributed by atoms with Gasteiger partial charge < -0.3 is 10.6 Å². The van der Waals surface area contributed by atoms with Gasteiger partial charge in [-0.25, -0.2) is 0 Å². The Morgan fingerprint density at radius 3 is 2.57 bits per heavy atom. The monoisotopic (exact) mass is 366 g/mol. The fraction of sp³-hybridized carbons (Fsp3) is 0.500. The lowest BCUT2D eigenvalue weighted by Gasteiger charge is -2.14. The molecule has 0 heterocycles. The van der Waals surface area contributed by atoms with E-state index in [0.717, 1.165) is 25.0 Å². The third-order valence-corrected chi connectivity index (χ3v) is 3.27. The summed E-state index contributed by atoms with van der Waals surface area (Å²) in [5, 5.41) is 5.48. The number of amides is 1. The van der Waals surface area contributed by atoms with Crippen molar-refractivity contribution in [2.24, 2.45) is 0 Å². The zero-order chi connectivity index (χ0) is 16.0. The van der Waals surface area contributed by atoms with Crippen molar-refractivity contribution in [3.63, 3.8) is 0 Å². The van der Waals surface area contributed by atoms with E-state index in [1.165, 1.54) is 6.07 Å². The van der Waals surface area contributed by atoms with Crippen molar-refractivity contribution in [3.8, 4) is 0 Å². The summed E-state index contributed by atoms with van der Waals surface area (Å²) in [5.41, 5.74) is -0.519. The first-order valence-corrected chi connectivity index (χ1v) is 7.42. The minimum atomic E-state index is -4.42. The molecule has 0 aliphatic carbocycles. The Kier molecular flexibility index (Phi) is 6.51. The van der Waals surface area contributed by atoms with Gasteiger partial charge in [0.25, 0.3) is 0 Å². The first kappa shape index (κ1) is 17.8. The van der Waals surface area contributed by atoms with Crippen molar-refractivity contribution >= 4 is 27.5 Å². The molecule has 1 aromatic carbocycles. The molecule has 118 valence electrons. The fourth-order valence-corrected chi connectivity index (χ4v) is 2.36. The van der Waals surface area contributed by atoms with Gasteiger partial charge >= 0.3 is 6.18 Å². The molecule has 1 atom stereocenters. The van der Waals surface area contributed by atoms with Gasteiger partial charge in [0.15, 0.2) is 0 Å². The first-order valence-electron chi connectivity index (χ1n) is 6.63.